The Labute approximate surface area is 169 Å². The third-order valence-electron chi connectivity index (χ3n) is 4.35. The Morgan fingerprint density at radius 1 is 1.29 bits per heavy atom. The molecule has 6 nitrogen and oxygen atoms in total. The number of allylic oxidation sites excluding steroid dienone is 1. The van der Waals surface area contributed by atoms with Crippen LogP contribution in [0.4, 0.5) is 5.69 Å². The fourth-order valence-corrected chi connectivity index (χ4v) is 3.04. The van der Waals surface area contributed by atoms with Crippen LogP contribution in [0.2, 0.25) is 5.02 Å². The molecule has 0 aliphatic carbocycles. The number of halogens is 1. The summed E-state index contributed by atoms with van der Waals surface area (Å²) in [5.41, 5.74) is 1.62. The zero-order valence-corrected chi connectivity index (χ0v) is 16.1. The van der Waals surface area contributed by atoms with Gasteiger partial charge in [-0.3, -0.25) is 9.78 Å². The second-order valence-corrected chi connectivity index (χ2v) is 6.91. The predicted octanol–water partition coefficient (Wildman–Crippen LogP) is 3.88. The highest BCUT2D eigenvalue weighted by molar-refractivity contribution is 6.30. The number of pyridine rings is 1. The van der Waals surface area contributed by atoms with Crippen molar-refractivity contribution in [1.82, 2.24) is 4.98 Å². The number of benzene rings is 1. The van der Waals surface area contributed by atoms with Gasteiger partial charge in [0, 0.05) is 30.2 Å². The maximum atomic E-state index is 12.7. The fourth-order valence-electron chi connectivity index (χ4n) is 2.92. The molecule has 0 spiro atoms. The lowest BCUT2D eigenvalue weighted by atomic mass is 9.93. The van der Waals surface area contributed by atoms with Crippen LogP contribution in [0.3, 0.4) is 0 Å². The highest BCUT2D eigenvalue weighted by atomic mass is 35.5. The second kappa shape index (κ2) is 10.2. The van der Waals surface area contributed by atoms with Gasteiger partial charge in [0.2, 0.25) is 6.29 Å². The lowest BCUT2D eigenvalue weighted by molar-refractivity contribution is -0.143. The van der Waals surface area contributed by atoms with Gasteiger partial charge in [-0.15, -0.1) is 0 Å². The molecule has 0 radical (unpaired) electrons. The Morgan fingerprint density at radius 2 is 2.11 bits per heavy atom. The van der Waals surface area contributed by atoms with Gasteiger partial charge < -0.3 is 19.9 Å². The minimum atomic E-state index is -0.543. The Morgan fingerprint density at radius 3 is 2.82 bits per heavy atom. The van der Waals surface area contributed by atoms with Gasteiger partial charge >= 0.3 is 0 Å². The summed E-state index contributed by atoms with van der Waals surface area (Å²) in [7, 11) is 0. The van der Waals surface area contributed by atoms with E-state index in [1.165, 1.54) is 0 Å². The third kappa shape index (κ3) is 5.79. The average molecular weight is 403 g/mol. The van der Waals surface area contributed by atoms with Crippen LogP contribution < -0.4 is 5.32 Å². The Kier molecular flexibility index (Phi) is 7.42. The van der Waals surface area contributed by atoms with Crippen molar-refractivity contribution in [3.63, 3.8) is 0 Å². The van der Waals surface area contributed by atoms with Crippen LogP contribution in [0.15, 0.2) is 60.6 Å². The zero-order valence-electron chi connectivity index (χ0n) is 15.4. The summed E-state index contributed by atoms with van der Waals surface area (Å²) < 4.78 is 11.6. The smallest absolute Gasteiger partial charge is 0.290 e. The van der Waals surface area contributed by atoms with Crippen LogP contribution in [-0.2, 0) is 14.3 Å². The van der Waals surface area contributed by atoms with E-state index < -0.39 is 6.29 Å². The van der Waals surface area contributed by atoms with Crippen LogP contribution in [0.25, 0.3) is 0 Å². The maximum Gasteiger partial charge on any atom is 0.290 e. The molecule has 2 atom stereocenters. The topological polar surface area (TPSA) is 80.7 Å². The number of hydrogen-bond donors (Lipinski definition) is 2. The van der Waals surface area contributed by atoms with Gasteiger partial charge in [0.15, 0.2) is 5.76 Å². The highest BCUT2D eigenvalue weighted by Gasteiger charge is 2.28. The number of carbonyl (C=O) groups is 1. The summed E-state index contributed by atoms with van der Waals surface area (Å²) in [5.74, 6) is -0.179. The van der Waals surface area contributed by atoms with Crippen molar-refractivity contribution in [3.05, 3.63) is 71.2 Å². The van der Waals surface area contributed by atoms with E-state index in [0.717, 1.165) is 12.0 Å². The maximum absolute atomic E-state index is 12.7. The van der Waals surface area contributed by atoms with E-state index in [2.05, 4.69) is 10.3 Å². The van der Waals surface area contributed by atoms with Crippen LogP contribution in [0.5, 0.6) is 0 Å². The molecule has 0 unspecified atom stereocenters. The summed E-state index contributed by atoms with van der Waals surface area (Å²) in [6.45, 7) is 0.580. The van der Waals surface area contributed by atoms with E-state index in [1.807, 2.05) is 30.3 Å². The molecule has 0 saturated carbocycles. The van der Waals surface area contributed by atoms with Crippen LogP contribution in [0, 0.1) is 0 Å². The van der Waals surface area contributed by atoms with E-state index in [1.54, 1.807) is 24.5 Å². The zero-order chi connectivity index (χ0) is 19.8. The standard InChI is InChI=1S/C21H23ClN2O4/c22-17-7-5-15(6-8-17)16-12-19(21(26)24-18-4-3-9-23-14-18)28-20(13-16)27-11-2-1-10-25/h3-9,12,14,16,20,25H,1-2,10-11,13H2,(H,24,26)/t16-,20+/m1/s1. The van der Waals surface area contributed by atoms with Crippen LogP contribution in [-0.4, -0.2) is 35.5 Å². The molecule has 2 aromatic rings. The number of aliphatic hydroxyl groups is 1. The largest absolute Gasteiger partial charge is 0.459 e. The number of carbonyl (C=O) groups excluding carboxylic acids is 1. The molecular formula is C21H23ClN2O4. The number of aromatic nitrogens is 1. The normalized spacial score (nSPS) is 18.9. The SMILES string of the molecule is O=C(Nc1cccnc1)C1=C[C@@H](c2ccc(Cl)cc2)C[C@@H](OCCCCO)O1. The summed E-state index contributed by atoms with van der Waals surface area (Å²) in [4.78, 5) is 16.7. The van der Waals surface area contributed by atoms with Crippen molar-refractivity contribution in [3.8, 4) is 0 Å². The van der Waals surface area contributed by atoms with Gasteiger partial charge in [0.1, 0.15) is 0 Å². The number of nitrogens with one attached hydrogen (secondary N) is 1. The van der Waals surface area contributed by atoms with Crippen molar-refractivity contribution in [1.29, 1.82) is 0 Å². The number of amides is 1. The molecule has 1 aromatic heterocycles. The average Bonchev–Trinajstić information content (AvgIpc) is 2.72. The van der Waals surface area contributed by atoms with Gasteiger partial charge in [-0.25, -0.2) is 0 Å². The number of anilines is 1. The van der Waals surface area contributed by atoms with Crippen molar-refractivity contribution in [2.24, 2.45) is 0 Å². The van der Waals surface area contributed by atoms with Crippen molar-refractivity contribution >= 4 is 23.2 Å². The summed E-state index contributed by atoms with van der Waals surface area (Å²) in [6, 6.07) is 11.0. The summed E-state index contributed by atoms with van der Waals surface area (Å²) in [5, 5.41) is 12.4. The van der Waals surface area contributed by atoms with E-state index in [9.17, 15) is 4.79 Å². The lowest BCUT2D eigenvalue weighted by Gasteiger charge is -2.29. The van der Waals surface area contributed by atoms with Crippen LogP contribution >= 0.6 is 11.6 Å². The molecule has 148 valence electrons. The van der Waals surface area contributed by atoms with E-state index in [4.69, 9.17) is 26.2 Å². The number of ether oxygens (including phenoxy) is 2. The number of hydrogen-bond acceptors (Lipinski definition) is 5. The molecule has 1 aliphatic heterocycles. The molecule has 28 heavy (non-hydrogen) atoms. The summed E-state index contributed by atoms with van der Waals surface area (Å²) >= 11 is 5.99. The second-order valence-electron chi connectivity index (χ2n) is 6.47. The molecule has 1 aliphatic rings. The van der Waals surface area contributed by atoms with E-state index in [-0.39, 0.29) is 24.2 Å². The molecule has 7 heteroatoms. The van der Waals surface area contributed by atoms with E-state index in [0.29, 0.717) is 30.2 Å². The first-order valence-corrected chi connectivity index (χ1v) is 9.61. The quantitative estimate of drug-likeness (QED) is 0.655. The molecule has 2 heterocycles. The number of rotatable bonds is 8. The van der Waals surface area contributed by atoms with Crippen molar-refractivity contribution < 1.29 is 19.4 Å². The monoisotopic (exact) mass is 402 g/mol. The molecule has 0 saturated heterocycles. The van der Waals surface area contributed by atoms with Crippen molar-refractivity contribution in [2.45, 2.75) is 31.5 Å². The lowest BCUT2D eigenvalue weighted by Crippen LogP contribution is -2.29. The molecular weight excluding hydrogens is 380 g/mol. The molecule has 0 bridgehead atoms. The summed E-state index contributed by atoms with van der Waals surface area (Å²) in [6.07, 6.45) is 6.45. The Bertz CT molecular complexity index is 796. The molecule has 1 amide bonds. The van der Waals surface area contributed by atoms with Gasteiger partial charge in [0.25, 0.3) is 5.91 Å². The first kappa shape index (κ1) is 20.3. The van der Waals surface area contributed by atoms with Crippen LogP contribution in [0.1, 0.15) is 30.7 Å². The third-order valence-corrected chi connectivity index (χ3v) is 4.61. The molecule has 2 N–H and O–H groups in total. The number of aliphatic hydroxyl groups excluding tert-OH is 1. The first-order chi connectivity index (χ1) is 13.7. The first-order valence-electron chi connectivity index (χ1n) is 9.23. The van der Waals surface area contributed by atoms with Crippen molar-refractivity contribution in [2.75, 3.05) is 18.5 Å². The number of nitrogens with zero attached hydrogens (tertiary/aromatic N) is 1. The molecule has 1 aromatic carbocycles. The highest BCUT2D eigenvalue weighted by Crippen LogP contribution is 2.32. The Balaban J connectivity index is 1.74. The minimum Gasteiger partial charge on any atom is -0.459 e. The van der Waals surface area contributed by atoms with Gasteiger partial charge in [-0.05, 0) is 48.7 Å². The minimum absolute atomic E-state index is 0.0384. The fraction of sp³-hybridized carbons (Fsp3) is 0.333. The number of unbranched alkanes of at least 4 members (excludes halogenated alkanes) is 1. The van der Waals surface area contributed by atoms with Gasteiger partial charge in [0.05, 0.1) is 18.5 Å². The predicted molar refractivity (Wildman–Crippen MR) is 107 cm³/mol. The van der Waals surface area contributed by atoms with E-state index >= 15 is 0 Å². The molecule has 3 rings (SSSR count). The van der Waals surface area contributed by atoms with Gasteiger partial charge in [-0.2, -0.15) is 0 Å². The van der Waals surface area contributed by atoms with Gasteiger partial charge in [-0.1, -0.05) is 23.7 Å². The Hall–Kier alpha value is -2.41. The molecule has 0 fully saturated rings.